The van der Waals surface area contributed by atoms with Gasteiger partial charge in [-0.15, -0.1) is 0 Å². The third-order valence-electron chi connectivity index (χ3n) is 2.03. The molecule has 0 radical (unpaired) electrons. The third kappa shape index (κ3) is 3.19. The molecule has 1 aliphatic rings. The summed E-state index contributed by atoms with van der Waals surface area (Å²) >= 11 is 0. The second-order valence-electron chi connectivity index (χ2n) is 3.09. The molecule has 1 amide bonds. The van der Waals surface area contributed by atoms with Crippen LogP contribution in [0.4, 0.5) is 0 Å². The molecule has 1 atom stereocenters. The lowest BCUT2D eigenvalue weighted by Gasteiger charge is -2.21. The summed E-state index contributed by atoms with van der Waals surface area (Å²) in [5.74, 6) is 0.398. The van der Waals surface area contributed by atoms with Gasteiger partial charge in [-0.05, 0) is 18.8 Å². The van der Waals surface area contributed by atoms with Crippen molar-refractivity contribution in [3.63, 3.8) is 0 Å². The van der Waals surface area contributed by atoms with E-state index in [1.807, 2.05) is 0 Å². The maximum atomic E-state index is 10.8. The van der Waals surface area contributed by atoms with E-state index < -0.39 is 0 Å². The summed E-state index contributed by atoms with van der Waals surface area (Å²) in [6.07, 6.45) is 2.24. The van der Waals surface area contributed by atoms with E-state index in [-0.39, 0.29) is 12.5 Å². The van der Waals surface area contributed by atoms with Gasteiger partial charge < -0.3 is 15.8 Å². The van der Waals surface area contributed by atoms with Crippen LogP contribution in [0.25, 0.3) is 0 Å². The van der Waals surface area contributed by atoms with Gasteiger partial charge in [0.1, 0.15) is 0 Å². The van der Waals surface area contributed by atoms with Crippen molar-refractivity contribution in [1.82, 2.24) is 5.32 Å². The van der Waals surface area contributed by atoms with Crippen LogP contribution >= 0.6 is 0 Å². The third-order valence-corrected chi connectivity index (χ3v) is 2.03. The minimum atomic E-state index is -0.0828. The molecule has 4 nitrogen and oxygen atoms in total. The van der Waals surface area contributed by atoms with Crippen LogP contribution in [0.1, 0.15) is 12.8 Å². The molecule has 0 aromatic carbocycles. The highest BCUT2D eigenvalue weighted by atomic mass is 16.5. The van der Waals surface area contributed by atoms with Crippen LogP contribution in [-0.2, 0) is 9.53 Å². The van der Waals surface area contributed by atoms with Gasteiger partial charge in [-0.2, -0.15) is 0 Å². The summed E-state index contributed by atoms with van der Waals surface area (Å²) in [5.41, 5.74) is 5.14. The first-order valence-electron chi connectivity index (χ1n) is 4.37. The van der Waals surface area contributed by atoms with Gasteiger partial charge in [-0.3, -0.25) is 4.79 Å². The fourth-order valence-corrected chi connectivity index (χ4v) is 1.30. The minimum absolute atomic E-state index is 0.0770. The standard InChI is InChI=1S/C8H16N2O2/c9-4-8(11)10-5-7-2-1-3-12-6-7/h7H,1-6,9H2,(H,10,11). The predicted molar refractivity (Wildman–Crippen MR) is 45.6 cm³/mol. The number of nitrogens with two attached hydrogens (primary N) is 1. The number of carbonyl (C=O) groups is 1. The molecule has 1 rings (SSSR count). The summed E-state index contributed by atoms with van der Waals surface area (Å²) in [6, 6.07) is 0. The van der Waals surface area contributed by atoms with Crippen LogP contribution in [0, 0.1) is 5.92 Å². The summed E-state index contributed by atoms with van der Waals surface area (Å²) in [6.45, 7) is 2.41. The Hall–Kier alpha value is -0.610. The maximum absolute atomic E-state index is 10.8. The summed E-state index contributed by atoms with van der Waals surface area (Å²) in [5, 5.41) is 2.76. The Morgan fingerprint density at radius 1 is 1.67 bits per heavy atom. The lowest BCUT2D eigenvalue weighted by atomic mass is 10.0. The van der Waals surface area contributed by atoms with Crippen LogP contribution in [0.15, 0.2) is 0 Å². The molecule has 1 unspecified atom stereocenters. The lowest BCUT2D eigenvalue weighted by molar-refractivity contribution is -0.120. The summed E-state index contributed by atoms with van der Waals surface area (Å²) < 4.78 is 5.27. The molecule has 4 heteroatoms. The number of hydrogen-bond donors (Lipinski definition) is 2. The van der Waals surface area contributed by atoms with Crippen molar-refractivity contribution >= 4 is 5.91 Å². The fourth-order valence-electron chi connectivity index (χ4n) is 1.30. The van der Waals surface area contributed by atoms with Crippen molar-refractivity contribution in [3.05, 3.63) is 0 Å². The molecular formula is C8H16N2O2. The second-order valence-corrected chi connectivity index (χ2v) is 3.09. The van der Waals surface area contributed by atoms with Crippen LogP contribution in [0.3, 0.4) is 0 Å². The Morgan fingerprint density at radius 2 is 2.50 bits per heavy atom. The van der Waals surface area contributed by atoms with Crippen molar-refractivity contribution in [2.24, 2.45) is 11.7 Å². The Bertz CT molecular complexity index is 144. The first-order valence-corrected chi connectivity index (χ1v) is 4.37. The van der Waals surface area contributed by atoms with E-state index in [4.69, 9.17) is 10.5 Å². The molecule has 0 bridgehead atoms. The summed E-state index contributed by atoms with van der Waals surface area (Å²) in [4.78, 5) is 10.8. The molecule has 70 valence electrons. The molecule has 0 spiro atoms. The molecule has 0 aromatic heterocycles. The first-order chi connectivity index (χ1) is 5.83. The highest BCUT2D eigenvalue weighted by Gasteiger charge is 2.13. The molecule has 1 fully saturated rings. The lowest BCUT2D eigenvalue weighted by Crippen LogP contribution is -2.36. The first kappa shape index (κ1) is 9.48. The Morgan fingerprint density at radius 3 is 3.08 bits per heavy atom. The molecule has 0 aromatic rings. The zero-order chi connectivity index (χ0) is 8.81. The topological polar surface area (TPSA) is 64.4 Å². The number of carbonyl (C=O) groups excluding carboxylic acids is 1. The van der Waals surface area contributed by atoms with Gasteiger partial charge >= 0.3 is 0 Å². The van der Waals surface area contributed by atoms with Crippen LogP contribution in [0.5, 0.6) is 0 Å². The molecule has 0 saturated carbocycles. The number of ether oxygens (including phenoxy) is 1. The molecule has 3 N–H and O–H groups in total. The maximum Gasteiger partial charge on any atom is 0.233 e. The van der Waals surface area contributed by atoms with Crippen molar-refractivity contribution in [3.8, 4) is 0 Å². The quantitative estimate of drug-likeness (QED) is 0.602. The van der Waals surface area contributed by atoms with E-state index in [2.05, 4.69) is 5.32 Å². The molecular weight excluding hydrogens is 156 g/mol. The monoisotopic (exact) mass is 172 g/mol. The van der Waals surface area contributed by atoms with Gasteiger partial charge in [0.15, 0.2) is 0 Å². The Balaban J connectivity index is 2.09. The second kappa shape index (κ2) is 5.11. The Kier molecular flexibility index (Phi) is 4.04. The number of amides is 1. The van der Waals surface area contributed by atoms with E-state index in [1.165, 1.54) is 0 Å². The molecule has 12 heavy (non-hydrogen) atoms. The summed E-state index contributed by atoms with van der Waals surface area (Å²) in [7, 11) is 0. The highest BCUT2D eigenvalue weighted by molar-refractivity contribution is 5.77. The molecule has 1 saturated heterocycles. The van der Waals surface area contributed by atoms with Gasteiger partial charge in [0.25, 0.3) is 0 Å². The number of hydrogen-bond acceptors (Lipinski definition) is 3. The minimum Gasteiger partial charge on any atom is -0.381 e. The zero-order valence-electron chi connectivity index (χ0n) is 7.21. The van der Waals surface area contributed by atoms with E-state index in [9.17, 15) is 4.79 Å². The van der Waals surface area contributed by atoms with E-state index in [0.717, 1.165) is 26.1 Å². The normalized spacial score (nSPS) is 23.6. The molecule has 1 heterocycles. The van der Waals surface area contributed by atoms with Crippen LogP contribution < -0.4 is 11.1 Å². The van der Waals surface area contributed by atoms with Crippen molar-refractivity contribution in [1.29, 1.82) is 0 Å². The smallest absolute Gasteiger partial charge is 0.233 e. The van der Waals surface area contributed by atoms with Crippen LogP contribution in [0.2, 0.25) is 0 Å². The van der Waals surface area contributed by atoms with Crippen molar-refractivity contribution < 1.29 is 9.53 Å². The number of nitrogens with one attached hydrogen (secondary N) is 1. The van der Waals surface area contributed by atoms with Gasteiger partial charge in [0.2, 0.25) is 5.91 Å². The predicted octanol–water partition coefficient (Wildman–Crippen LogP) is -0.512. The van der Waals surface area contributed by atoms with Crippen LogP contribution in [-0.4, -0.2) is 32.2 Å². The van der Waals surface area contributed by atoms with E-state index in [0.29, 0.717) is 12.5 Å². The van der Waals surface area contributed by atoms with E-state index >= 15 is 0 Å². The average molecular weight is 172 g/mol. The number of rotatable bonds is 3. The average Bonchev–Trinajstić information content (AvgIpc) is 2.16. The molecule has 0 aliphatic carbocycles. The molecule has 1 aliphatic heterocycles. The zero-order valence-corrected chi connectivity index (χ0v) is 7.21. The van der Waals surface area contributed by atoms with Gasteiger partial charge in [0, 0.05) is 13.2 Å². The van der Waals surface area contributed by atoms with Gasteiger partial charge in [-0.1, -0.05) is 0 Å². The fraction of sp³-hybridized carbons (Fsp3) is 0.875. The van der Waals surface area contributed by atoms with Gasteiger partial charge in [0.05, 0.1) is 13.2 Å². The van der Waals surface area contributed by atoms with Crippen molar-refractivity contribution in [2.45, 2.75) is 12.8 Å². The largest absolute Gasteiger partial charge is 0.381 e. The SMILES string of the molecule is NCC(=O)NCC1CCCOC1. The van der Waals surface area contributed by atoms with Gasteiger partial charge in [-0.25, -0.2) is 0 Å². The highest BCUT2D eigenvalue weighted by Crippen LogP contribution is 2.11. The Labute approximate surface area is 72.5 Å². The van der Waals surface area contributed by atoms with E-state index in [1.54, 1.807) is 0 Å². The van der Waals surface area contributed by atoms with Crippen molar-refractivity contribution in [2.75, 3.05) is 26.3 Å².